The van der Waals surface area contributed by atoms with Crippen molar-refractivity contribution in [3.05, 3.63) is 0 Å². The van der Waals surface area contributed by atoms with Crippen LogP contribution in [0.4, 0.5) is 4.79 Å². The highest BCUT2D eigenvalue weighted by atomic mass is 32.2. The first-order valence-corrected chi connectivity index (χ1v) is 8.34. The van der Waals surface area contributed by atoms with Crippen LogP contribution in [-0.2, 0) is 14.8 Å². The molecule has 2 amide bonds. The number of sulfonamides is 1. The first-order valence-electron chi connectivity index (χ1n) is 6.49. The summed E-state index contributed by atoms with van der Waals surface area (Å²) in [7, 11) is -3.24. The first-order chi connectivity index (χ1) is 9.25. The predicted molar refractivity (Wildman–Crippen MR) is 72.9 cm³/mol. The Bertz CT molecular complexity index is 457. The monoisotopic (exact) mass is 307 g/mol. The number of hydrogen-bond donors (Lipinski definition) is 2. The number of aliphatic carboxylic acids is 1. The van der Waals surface area contributed by atoms with Gasteiger partial charge in [0, 0.05) is 26.2 Å². The van der Waals surface area contributed by atoms with Crippen LogP contribution in [0.2, 0.25) is 0 Å². The minimum Gasteiger partial charge on any atom is -0.480 e. The Morgan fingerprint density at radius 2 is 1.80 bits per heavy atom. The molecule has 1 heterocycles. The topological polar surface area (TPSA) is 107 Å². The van der Waals surface area contributed by atoms with Crippen LogP contribution in [-0.4, -0.2) is 73.2 Å². The SMILES string of the molecule is CCC[C@H](NC(=O)N1CCN(S(C)(=O)=O)CC1)C(=O)O. The summed E-state index contributed by atoms with van der Waals surface area (Å²) >= 11 is 0. The van der Waals surface area contributed by atoms with Crippen molar-refractivity contribution in [3.8, 4) is 0 Å². The lowest BCUT2D eigenvalue weighted by atomic mass is 10.2. The van der Waals surface area contributed by atoms with Crippen molar-refractivity contribution in [1.29, 1.82) is 0 Å². The molecule has 1 aliphatic heterocycles. The summed E-state index contributed by atoms with van der Waals surface area (Å²) in [6.45, 7) is 2.83. The molecule has 1 aliphatic rings. The maximum absolute atomic E-state index is 11.9. The number of rotatable bonds is 5. The zero-order valence-corrected chi connectivity index (χ0v) is 12.5. The Balaban J connectivity index is 2.52. The molecule has 1 fully saturated rings. The molecule has 0 saturated carbocycles. The number of carboxylic acid groups (broad SMARTS) is 1. The van der Waals surface area contributed by atoms with Crippen molar-refractivity contribution in [3.63, 3.8) is 0 Å². The van der Waals surface area contributed by atoms with Gasteiger partial charge in [-0.05, 0) is 6.42 Å². The molecular formula is C11H21N3O5S. The number of carbonyl (C=O) groups excluding carboxylic acids is 1. The second kappa shape index (κ2) is 6.89. The molecule has 1 rings (SSSR count). The molecule has 2 N–H and O–H groups in total. The highest BCUT2D eigenvalue weighted by Crippen LogP contribution is 2.07. The Morgan fingerprint density at radius 1 is 1.25 bits per heavy atom. The number of urea groups is 1. The van der Waals surface area contributed by atoms with Gasteiger partial charge in [-0.15, -0.1) is 0 Å². The third-order valence-corrected chi connectivity index (χ3v) is 4.47. The average Bonchev–Trinajstić information content (AvgIpc) is 2.37. The quantitative estimate of drug-likeness (QED) is 0.714. The fourth-order valence-electron chi connectivity index (χ4n) is 2.01. The van der Waals surface area contributed by atoms with Crippen LogP contribution >= 0.6 is 0 Å². The van der Waals surface area contributed by atoms with Crippen molar-refractivity contribution in [2.24, 2.45) is 0 Å². The lowest BCUT2D eigenvalue weighted by molar-refractivity contribution is -0.139. The Morgan fingerprint density at radius 3 is 2.20 bits per heavy atom. The smallest absolute Gasteiger partial charge is 0.326 e. The largest absolute Gasteiger partial charge is 0.480 e. The Labute approximate surface area is 118 Å². The van der Waals surface area contributed by atoms with E-state index < -0.39 is 28.1 Å². The van der Waals surface area contributed by atoms with Crippen LogP contribution < -0.4 is 5.32 Å². The zero-order valence-electron chi connectivity index (χ0n) is 11.7. The molecule has 0 aromatic rings. The number of carboxylic acids is 1. The van der Waals surface area contributed by atoms with Gasteiger partial charge in [-0.3, -0.25) is 0 Å². The summed E-state index contributed by atoms with van der Waals surface area (Å²) in [5.74, 6) is -1.06. The molecule has 116 valence electrons. The minimum absolute atomic E-state index is 0.234. The van der Waals surface area contributed by atoms with Gasteiger partial charge >= 0.3 is 12.0 Å². The van der Waals surface area contributed by atoms with Gasteiger partial charge < -0.3 is 15.3 Å². The van der Waals surface area contributed by atoms with E-state index in [2.05, 4.69) is 5.32 Å². The molecule has 0 bridgehead atoms. The average molecular weight is 307 g/mol. The second-order valence-corrected chi connectivity index (χ2v) is 6.76. The zero-order chi connectivity index (χ0) is 15.3. The predicted octanol–water partition coefficient (Wildman–Crippen LogP) is -0.473. The fourth-order valence-corrected chi connectivity index (χ4v) is 2.84. The number of piperazine rings is 1. The molecule has 0 aromatic carbocycles. The van der Waals surface area contributed by atoms with Crippen LogP contribution in [0.25, 0.3) is 0 Å². The van der Waals surface area contributed by atoms with E-state index in [1.165, 1.54) is 9.21 Å². The molecule has 0 radical (unpaired) electrons. The molecule has 9 heteroatoms. The number of carbonyl (C=O) groups is 2. The summed E-state index contributed by atoms with van der Waals surface area (Å²) in [5.41, 5.74) is 0. The molecule has 0 aliphatic carbocycles. The maximum atomic E-state index is 11.9. The van der Waals surface area contributed by atoms with Gasteiger partial charge in [-0.1, -0.05) is 13.3 Å². The second-order valence-electron chi connectivity index (χ2n) is 4.78. The Kier molecular flexibility index (Phi) is 5.75. The normalized spacial score (nSPS) is 18.6. The van der Waals surface area contributed by atoms with Crippen LogP contribution in [0.5, 0.6) is 0 Å². The van der Waals surface area contributed by atoms with E-state index >= 15 is 0 Å². The molecule has 0 spiro atoms. The van der Waals surface area contributed by atoms with E-state index in [1.54, 1.807) is 0 Å². The van der Waals surface area contributed by atoms with Crippen LogP contribution in [0.3, 0.4) is 0 Å². The van der Waals surface area contributed by atoms with E-state index in [4.69, 9.17) is 5.11 Å². The summed E-state index contributed by atoms with van der Waals surface area (Å²) in [6.07, 6.45) is 2.15. The van der Waals surface area contributed by atoms with Crippen LogP contribution in [0, 0.1) is 0 Å². The molecule has 1 saturated heterocycles. The summed E-state index contributed by atoms with van der Waals surface area (Å²) in [4.78, 5) is 24.3. The molecule has 20 heavy (non-hydrogen) atoms. The lowest BCUT2D eigenvalue weighted by Gasteiger charge is -2.33. The van der Waals surface area contributed by atoms with Gasteiger partial charge in [-0.25, -0.2) is 18.0 Å². The summed E-state index contributed by atoms with van der Waals surface area (Å²) in [6, 6.07) is -1.36. The van der Waals surface area contributed by atoms with Crippen molar-refractivity contribution >= 4 is 22.0 Å². The molecule has 0 aromatic heterocycles. The highest BCUT2D eigenvalue weighted by Gasteiger charge is 2.28. The van der Waals surface area contributed by atoms with Crippen molar-refractivity contribution in [2.75, 3.05) is 32.4 Å². The highest BCUT2D eigenvalue weighted by molar-refractivity contribution is 7.88. The third-order valence-electron chi connectivity index (χ3n) is 3.17. The first kappa shape index (κ1) is 16.7. The van der Waals surface area contributed by atoms with E-state index in [-0.39, 0.29) is 26.2 Å². The van der Waals surface area contributed by atoms with Crippen molar-refractivity contribution in [2.45, 2.75) is 25.8 Å². The number of hydrogen-bond acceptors (Lipinski definition) is 4. The molecular weight excluding hydrogens is 286 g/mol. The summed E-state index contributed by atoms with van der Waals surface area (Å²) < 4.78 is 24.0. The van der Waals surface area contributed by atoms with Crippen molar-refractivity contribution < 1.29 is 23.1 Å². The lowest BCUT2D eigenvalue weighted by Crippen LogP contribution is -2.55. The molecule has 0 unspecified atom stereocenters. The van der Waals surface area contributed by atoms with E-state index in [1.807, 2.05) is 6.92 Å². The van der Waals surface area contributed by atoms with Gasteiger partial charge in [-0.2, -0.15) is 4.31 Å². The van der Waals surface area contributed by atoms with Gasteiger partial charge in [0.2, 0.25) is 10.0 Å². The third kappa shape index (κ3) is 4.64. The molecule has 1 atom stereocenters. The molecule has 8 nitrogen and oxygen atoms in total. The standard InChI is InChI=1S/C11H21N3O5S/c1-3-4-9(10(15)16)12-11(17)13-5-7-14(8-6-13)20(2,18)19/h9H,3-8H2,1-2H3,(H,12,17)(H,15,16)/t9-/m0/s1. The van der Waals surface area contributed by atoms with E-state index in [0.717, 1.165) is 6.26 Å². The van der Waals surface area contributed by atoms with Gasteiger partial charge in [0.25, 0.3) is 0 Å². The number of nitrogens with zero attached hydrogens (tertiary/aromatic N) is 2. The van der Waals surface area contributed by atoms with E-state index in [9.17, 15) is 18.0 Å². The van der Waals surface area contributed by atoms with Gasteiger partial charge in [0.1, 0.15) is 6.04 Å². The van der Waals surface area contributed by atoms with Gasteiger partial charge in [0.15, 0.2) is 0 Å². The minimum atomic E-state index is -3.24. The van der Waals surface area contributed by atoms with Crippen LogP contribution in [0.1, 0.15) is 19.8 Å². The number of nitrogens with one attached hydrogen (secondary N) is 1. The number of amides is 2. The Hall–Kier alpha value is -1.35. The van der Waals surface area contributed by atoms with Gasteiger partial charge in [0.05, 0.1) is 6.26 Å². The van der Waals surface area contributed by atoms with Crippen molar-refractivity contribution in [1.82, 2.24) is 14.5 Å². The summed E-state index contributed by atoms with van der Waals surface area (Å²) in [5, 5.41) is 11.4. The van der Waals surface area contributed by atoms with E-state index in [0.29, 0.717) is 12.8 Å². The maximum Gasteiger partial charge on any atom is 0.326 e. The fraction of sp³-hybridized carbons (Fsp3) is 0.818. The van der Waals surface area contributed by atoms with Crippen LogP contribution in [0.15, 0.2) is 0 Å².